The predicted molar refractivity (Wildman–Crippen MR) is 61.0 cm³/mol. The molecule has 0 unspecified atom stereocenters. The van der Waals surface area contributed by atoms with Crippen molar-refractivity contribution in [1.82, 2.24) is 18.7 Å². The van der Waals surface area contributed by atoms with Gasteiger partial charge in [0.15, 0.2) is 11.2 Å². The third-order valence-electron chi connectivity index (χ3n) is 2.52. The van der Waals surface area contributed by atoms with Crippen molar-refractivity contribution in [3.63, 3.8) is 0 Å². The summed E-state index contributed by atoms with van der Waals surface area (Å²) in [4.78, 5) is 37.8. The topological polar surface area (TPSA) is 102 Å². The second kappa shape index (κ2) is 5.25. The normalized spacial score (nSPS) is 10.3. The number of nitrogens with zero attached hydrogens (tertiary/aromatic N) is 4. The molecule has 18 heavy (non-hydrogen) atoms. The zero-order valence-corrected chi connectivity index (χ0v) is 12.1. The Morgan fingerprint density at radius 2 is 1.94 bits per heavy atom. The van der Waals surface area contributed by atoms with Crippen molar-refractivity contribution < 1.29 is 9.90 Å². The van der Waals surface area contributed by atoms with E-state index in [1.165, 1.54) is 25.0 Å². The van der Waals surface area contributed by atoms with Crippen LogP contribution in [0.4, 0.5) is 0 Å². The number of hydrogen-bond donors (Lipinski definition) is 0. The van der Waals surface area contributed by atoms with Gasteiger partial charge in [-0.1, -0.05) is 0 Å². The molecule has 0 aliphatic rings. The van der Waals surface area contributed by atoms with Gasteiger partial charge in [-0.15, -0.1) is 0 Å². The molecule has 2 heterocycles. The van der Waals surface area contributed by atoms with E-state index in [0.717, 1.165) is 9.13 Å². The van der Waals surface area contributed by atoms with Gasteiger partial charge in [-0.25, -0.2) is 9.78 Å². The average molecular weight is 277 g/mol. The maximum absolute atomic E-state index is 11.8. The molecule has 90 valence electrons. The van der Waals surface area contributed by atoms with Crippen LogP contribution in [0.2, 0.25) is 0 Å². The van der Waals surface area contributed by atoms with Crippen molar-refractivity contribution in [2.24, 2.45) is 14.1 Å². The SMILES string of the molecule is Cn1c(=O)c2c(ncn2CC(=O)[O-])n(C)c1=O.[Ca+2]. The van der Waals surface area contributed by atoms with Crippen molar-refractivity contribution >= 4 is 54.9 Å². The number of rotatable bonds is 2. The van der Waals surface area contributed by atoms with Crippen LogP contribution < -0.4 is 16.4 Å². The van der Waals surface area contributed by atoms with Crippen LogP contribution >= 0.6 is 0 Å². The summed E-state index contributed by atoms with van der Waals surface area (Å²) in [5.41, 5.74) is -0.874. The molecule has 2 rings (SSSR count). The van der Waals surface area contributed by atoms with E-state index >= 15 is 0 Å². The standard InChI is InChI=1S/C9H10N4O4.Ca/c1-11-7-6(8(16)12(2)9(11)17)13(4-10-7)3-5(14)15;/h4H,3H2,1-2H3,(H,14,15);/q;+2/p-1. The number of carbonyl (C=O) groups is 1. The summed E-state index contributed by atoms with van der Waals surface area (Å²) >= 11 is 0. The summed E-state index contributed by atoms with van der Waals surface area (Å²) in [6, 6.07) is 0. The Balaban J connectivity index is 0.00000162. The summed E-state index contributed by atoms with van der Waals surface area (Å²) in [5.74, 6) is -1.33. The van der Waals surface area contributed by atoms with Gasteiger partial charge < -0.3 is 14.5 Å². The first-order chi connectivity index (χ1) is 7.93. The minimum Gasteiger partial charge on any atom is -0.548 e. The van der Waals surface area contributed by atoms with Crippen molar-refractivity contribution in [2.75, 3.05) is 0 Å². The van der Waals surface area contributed by atoms with Crippen LogP contribution in [0.15, 0.2) is 15.9 Å². The number of aliphatic carboxylic acids is 1. The van der Waals surface area contributed by atoms with Gasteiger partial charge in [0.25, 0.3) is 5.56 Å². The van der Waals surface area contributed by atoms with Crippen LogP contribution in [0.1, 0.15) is 0 Å². The molecule has 2 aromatic rings. The molecule has 0 aliphatic carbocycles. The number of aromatic nitrogens is 4. The fourth-order valence-electron chi connectivity index (χ4n) is 1.66. The van der Waals surface area contributed by atoms with Crippen LogP contribution in [0.25, 0.3) is 11.2 Å². The van der Waals surface area contributed by atoms with E-state index in [9.17, 15) is 19.5 Å². The fourth-order valence-corrected chi connectivity index (χ4v) is 1.66. The molecule has 0 spiro atoms. The zero-order valence-electron chi connectivity index (χ0n) is 9.91. The number of carbonyl (C=O) groups excluding carboxylic acids is 1. The quantitative estimate of drug-likeness (QED) is 0.538. The molecule has 0 fully saturated rings. The number of fused-ring (bicyclic) bond motifs is 1. The van der Waals surface area contributed by atoms with Crippen LogP contribution in [0.5, 0.6) is 0 Å². The maximum atomic E-state index is 11.8. The van der Waals surface area contributed by atoms with Crippen molar-refractivity contribution in [1.29, 1.82) is 0 Å². The molecule has 0 saturated carbocycles. The van der Waals surface area contributed by atoms with Gasteiger partial charge in [-0.3, -0.25) is 13.9 Å². The molecule has 0 atom stereocenters. The fraction of sp³-hybridized carbons (Fsp3) is 0.333. The second-order valence-corrected chi connectivity index (χ2v) is 3.62. The Morgan fingerprint density at radius 3 is 2.50 bits per heavy atom. The van der Waals surface area contributed by atoms with Crippen LogP contribution in [-0.4, -0.2) is 62.4 Å². The van der Waals surface area contributed by atoms with E-state index in [4.69, 9.17) is 0 Å². The summed E-state index contributed by atoms with van der Waals surface area (Å²) in [6.45, 7) is -0.482. The van der Waals surface area contributed by atoms with Crippen molar-refractivity contribution in [2.45, 2.75) is 6.54 Å². The second-order valence-electron chi connectivity index (χ2n) is 3.62. The van der Waals surface area contributed by atoms with Crippen LogP contribution in [0, 0.1) is 0 Å². The number of aryl methyl sites for hydroxylation is 1. The number of carboxylic acid groups (broad SMARTS) is 1. The smallest absolute Gasteiger partial charge is 0.548 e. The van der Waals surface area contributed by atoms with E-state index in [0.29, 0.717) is 0 Å². The van der Waals surface area contributed by atoms with Gasteiger partial charge in [0.2, 0.25) is 0 Å². The number of carboxylic acids is 1. The van der Waals surface area contributed by atoms with E-state index in [1.807, 2.05) is 0 Å². The van der Waals surface area contributed by atoms with Gasteiger partial charge in [0.05, 0.1) is 18.8 Å². The molecule has 9 heteroatoms. The van der Waals surface area contributed by atoms with E-state index < -0.39 is 23.8 Å². The summed E-state index contributed by atoms with van der Waals surface area (Å²) in [5, 5.41) is 10.5. The molecule has 8 nitrogen and oxygen atoms in total. The Morgan fingerprint density at radius 1 is 1.33 bits per heavy atom. The van der Waals surface area contributed by atoms with E-state index in [1.54, 1.807) is 0 Å². The Bertz CT molecular complexity index is 726. The molecule has 0 bridgehead atoms. The van der Waals surface area contributed by atoms with E-state index in [2.05, 4.69) is 4.98 Å². The Labute approximate surface area is 130 Å². The van der Waals surface area contributed by atoms with Gasteiger partial charge in [0, 0.05) is 14.1 Å². The van der Waals surface area contributed by atoms with Gasteiger partial charge >= 0.3 is 43.4 Å². The molecule has 2 aromatic heterocycles. The Hall–Kier alpha value is -1.12. The first kappa shape index (κ1) is 14.9. The third kappa shape index (κ3) is 2.23. The van der Waals surface area contributed by atoms with Gasteiger partial charge in [0.1, 0.15) is 0 Å². The first-order valence-corrected chi connectivity index (χ1v) is 4.74. The molecular formula is C9H9CaN4O4+. The van der Waals surface area contributed by atoms with Gasteiger partial charge in [-0.05, 0) is 0 Å². The minimum atomic E-state index is -1.33. The zero-order chi connectivity index (χ0) is 12.7. The molecule has 0 radical (unpaired) electrons. The molecule has 0 aliphatic heterocycles. The number of hydrogen-bond acceptors (Lipinski definition) is 5. The Kier molecular flexibility index (Phi) is 4.36. The van der Waals surface area contributed by atoms with E-state index in [-0.39, 0.29) is 48.9 Å². The molecule has 0 N–H and O–H groups in total. The number of imidazole rings is 1. The summed E-state index contributed by atoms with van der Waals surface area (Å²) in [6.07, 6.45) is 1.20. The average Bonchev–Trinajstić information content (AvgIpc) is 2.66. The van der Waals surface area contributed by atoms with Crippen LogP contribution in [-0.2, 0) is 25.4 Å². The largest absolute Gasteiger partial charge is 2.00 e. The van der Waals surface area contributed by atoms with Crippen molar-refractivity contribution in [3.8, 4) is 0 Å². The molecule has 0 amide bonds. The summed E-state index contributed by atoms with van der Waals surface area (Å²) in [7, 11) is 2.78. The molecular weight excluding hydrogens is 268 g/mol. The van der Waals surface area contributed by atoms with Crippen LogP contribution in [0.3, 0.4) is 0 Å². The first-order valence-electron chi connectivity index (χ1n) is 4.74. The predicted octanol–water partition coefficient (Wildman–Crippen LogP) is -3.20. The van der Waals surface area contributed by atoms with Crippen molar-refractivity contribution in [3.05, 3.63) is 27.2 Å². The van der Waals surface area contributed by atoms with Gasteiger partial charge in [-0.2, -0.15) is 0 Å². The molecule has 0 aromatic carbocycles. The third-order valence-corrected chi connectivity index (χ3v) is 2.52. The minimum absolute atomic E-state index is 0. The molecule has 0 saturated heterocycles. The summed E-state index contributed by atoms with van der Waals surface area (Å²) < 4.78 is 3.23. The monoisotopic (exact) mass is 277 g/mol. The maximum Gasteiger partial charge on any atom is 2.00 e.